The van der Waals surface area contributed by atoms with Crippen LogP contribution < -0.4 is 5.73 Å². The molecule has 0 aliphatic carbocycles. The molecule has 0 unspecified atom stereocenters. The molecule has 0 amide bonds. The molecule has 2 N–H and O–H groups in total. The van der Waals surface area contributed by atoms with Crippen molar-refractivity contribution < 1.29 is 13.3 Å². The Bertz CT molecular complexity index is 456. The smallest absolute Gasteiger partial charge is 0.264 e. The average molecular weight is 230 g/mol. The summed E-state index contributed by atoms with van der Waals surface area (Å²) in [6.07, 6.45) is 0. The minimum Gasteiger partial charge on any atom is -0.398 e. The third-order valence-electron chi connectivity index (χ3n) is 2.14. The highest BCUT2D eigenvalue weighted by atomic mass is 32.2. The second-order valence-electron chi connectivity index (χ2n) is 3.12. The van der Waals surface area contributed by atoms with Gasteiger partial charge in [0.2, 0.25) is 0 Å². The van der Waals surface area contributed by atoms with E-state index in [0.717, 1.165) is 10.0 Å². The lowest BCUT2D eigenvalue weighted by atomic mass is 10.2. The fourth-order valence-electron chi connectivity index (χ4n) is 1.03. The van der Waals surface area contributed by atoms with E-state index in [1.54, 1.807) is 6.07 Å². The van der Waals surface area contributed by atoms with Crippen molar-refractivity contribution in [2.75, 3.05) is 19.9 Å². The molecule has 0 aliphatic rings. The van der Waals surface area contributed by atoms with Gasteiger partial charge in [0.1, 0.15) is 0 Å². The van der Waals surface area contributed by atoms with Crippen molar-refractivity contribution in [1.29, 1.82) is 0 Å². The highest BCUT2D eigenvalue weighted by molar-refractivity contribution is 7.89. The van der Waals surface area contributed by atoms with Gasteiger partial charge in [0.05, 0.1) is 12.0 Å². The number of nitrogens with zero attached hydrogens (tertiary/aromatic N) is 1. The molecule has 1 aromatic rings. The number of aryl methyl sites for hydroxylation is 1. The first-order chi connectivity index (χ1) is 6.89. The van der Waals surface area contributed by atoms with E-state index in [1.807, 2.05) is 6.92 Å². The van der Waals surface area contributed by atoms with Crippen LogP contribution in [0.1, 0.15) is 5.56 Å². The number of sulfonamides is 1. The number of nitrogens with two attached hydrogens (primary N) is 1. The first-order valence-corrected chi connectivity index (χ1v) is 5.72. The second-order valence-corrected chi connectivity index (χ2v) is 5.05. The molecule has 6 heteroatoms. The van der Waals surface area contributed by atoms with Crippen LogP contribution in [0, 0.1) is 6.92 Å². The van der Waals surface area contributed by atoms with Crippen LogP contribution in [0.5, 0.6) is 0 Å². The van der Waals surface area contributed by atoms with E-state index in [9.17, 15) is 8.42 Å². The number of benzene rings is 1. The van der Waals surface area contributed by atoms with Crippen LogP contribution in [0.3, 0.4) is 0 Å². The van der Waals surface area contributed by atoms with Crippen molar-refractivity contribution in [3.05, 3.63) is 23.8 Å². The summed E-state index contributed by atoms with van der Waals surface area (Å²) in [5, 5.41) is 0. The zero-order chi connectivity index (χ0) is 11.6. The molecule has 84 valence electrons. The summed E-state index contributed by atoms with van der Waals surface area (Å²) in [5.74, 6) is 0. The number of hydroxylamine groups is 1. The van der Waals surface area contributed by atoms with Crippen LogP contribution in [-0.4, -0.2) is 27.0 Å². The van der Waals surface area contributed by atoms with Gasteiger partial charge in [-0.15, -0.1) is 0 Å². The van der Waals surface area contributed by atoms with E-state index in [4.69, 9.17) is 5.73 Å². The normalized spacial score (nSPS) is 12.0. The summed E-state index contributed by atoms with van der Waals surface area (Å²) in [6, 6.07) is 4.57. The Kier molecular flexibility index (Phi) is 3.33. The fraction of sp³-hybridized carbons (Fsp3) is 0.333. The number of nitrogen functional groups attached to an aromatic ring is 1. The molecule has 0 radical (unpaired) electrons. The number of hydrogen-bond donors (Lipinski definition) is 1. The first kappa shape index (κ1) is 12.0. The number of rotatable bonds is 3. The molecule has 0 saturated carbocycles. The predicted molar refractivity (Wildman–Crippen MR) is 57.5 cm³/mol. The van der Waals surface area contributed by atoms with Crippen LogP contribution in [-0.2, 0) is 14.9 Å². The van der Waals surface area contributed by atoms with E-state index in [0.29, 0.717) is 5.69 Å². The van der Waals surface area contributed by atoms with E-state index < -0.39 is 10.0 Å². The molecule has 0 saturated heterocycles. The van der Waals surface area contributed by atoms with Gasteiger partial charge < -0.3 is 5.73 Å². The Hall–Kier alpha value is -1.11. The van der Waals surface area contributed by atoms with Crippen molar-refractivity contribution >= 4 is 15.7 Å². The molecule has 0 heterocycles. The fourth-order valence-corrected chi connectivity index (χ4v) is 2.03. The highest BCUT2D eigenvalue weighted by Gasteiger charge is 2.20. The Morgan fingerprint density at radius 2 is 2.00 bits per heavy atom. The van der Waals surface area contributed by atoms with Gasteiger partial charge in [0, 0.05) is 12.7 Å². The van der Waals surface area contributed by atoms with Gasteiger partial charge in [0.25, 0.3) is 10.0 Å². The third-order valence-corrected chi connectivity index (χ3v) is 3.82. The Labute approximate surface area is 89.5 Å². The first-order valence-electron chi connectivity index (χ1n) is 4.28. The van der Waals surface area contributed by atoms with Crippen molar-refractivity contribution in [2.24, 2.45) is 0 Å². The van der Waals surface area contributed by atoms with Gasteiger partial charge in [0.15, 0.2) is 0 Å². The van der Waals surface area contributed by atoms with E-state index >= 15 is 0 Å². The molecule has 0 fully saturated rings. The van der Waals surface area contributed by atoms with Gasteiger partial charge in [-0.2, -0.15) is 0 Å². The highest BCUT2D eigenvalue weighted by Crippen LogP contribution is 2.19. The minimum absolute atomic E-state index is 0.120. The van der Waals surface area contributed by atoms with Crippen LogP contribution in [0.4, 0.5) is 5.69 Å². The standard InChI is InChI=1S/C9H14N2O3S/c1-7-4-5-8(6-9(7)10)15(12,13)11(2)14-3/h4-6H,10H2,1-3H3. The summed E-state index contributed by atoms with van der Waals surface area (Å²) in [5.41, 5.74) is 6.92. The van der Waals surface area contributed by atoms with Crippen LogP contribution in [0.2, 0.25) is 0 Å². The average Bonchev–Trinajstić information content (AvgIpc) is 2.20. The van der Waals surface area contributed by atoms with E-state index in [-0.39, 0.29) is 4.90 Å². The van der Waals surface area contributed by atoms with Crippen LogP contribution in [0.15, 0.2) is 23.1 Å². The maximum atomic E-state index is 11.8. The van der Waals surface area contributed by atoms with Crippen LogP contribution in [0.25, 0.3) is 0 Å². The molecule has 0 atom stereocenters. The number of hydrogen-bond acceptors (Lipinski definition) is 4. The van der Waals surface area contributed by atoms with Gasteiger partial charge in [-0.25, -0.2) is 8.42 Å². The third kappa shape index (κ3) is 2.28. The van der Waals surface area contributed by atoms with Gasteiger partial charge in [-0.05, 0) is 24.6 Å². The van der Waals surface area contributed by atoms with E-state index in [1.165, 1.54) is 26.3 Å². The van der Waals surface area contributed by atoms with E-state index in [2.05, 4.69) is 4.84 Å². The molecule has 15 heavy (non-hydrogen) atoms. The second kappa shape index (κ2) is 4.18. The summed E-state index contributed by atoms with van der Waals surface area (Å²) >= 11 is 0. The summed E-state index contributed by atoms with van der Waals surface area (Å²) < 4.78 is 24.3. The van der Waals surface area contributed by atoms with Gasteiger partial charge in [-0.1, -0.05) is 10.5 Å². The topological polar surface area (TPSA) is 72.6 Å². The molecular weight excluding hydrogens is 216 g/mol. The summed E-state index contributed by atoms with van der Waals surface area (Å²) in [4.78, 5) is 4.76. The monoisotopic (exact) mass is 230 g/mol. The molecule has 1 rings (SSSR count). The lowest BCUT2D eigenvalue weighted by Crippen LogP contribution is -2.25. The summed E-state index contributed by atoms with van der Waals surface area (Å²) in [6.45, 7) is 1.81. The summed E-state index contributed by atoms with van der Waals surface area (Å²) in [7, 11) is -0.986. The predicted octanol–water partition coefficient (Wildman–Crippen LogP) is 0.759. The quantitative estimate of drug-likeness (QED) is 0.614. The largest absolute Gasteiger partial charge is 0.398 e. The maximum Gasteiger partial charge on any atom is 0.264 e. The van der Waals surface area contributed by atoms with Crippen molar-refractivity contribution in [2.45, 2.75) is 11.8 Å². The molecule has 0 aromatic heterocycles. The SMILES string of the molecule is CON(C)S(=O)(=O)c1ccc(C)c(N)c1. The maximum absolute atomic E-state index is 11.8. The molecule has 0 aliphatic heterocycles. The zero-order valence-corrected chi connectivity index (χ0v) is 9.71. The van der Waals surface area contributed by atoms with Crippen LogP contribution >= 0.6 is 0 Å². The Morgan fingerprint density at radius 1 is 1.40 bits per heavy atom. The minimum atomic E-state index is -3.60. The van der Waals surface area contributed by atoms with Crippen molar-refractivity contribution in [3.63, 3.8) is 0 Å². The van der Waals surface area contributed by atoms with Crippen molar-refractivity contribution in [1.82, 2.24) is 4.47 Å². The molecule has 1 aromatic carbocycles. The lowest BCUT2D eigenvalue weighted by molar-refractivity contribution is -0.0258. The lowest BCUT2D eigenvalue weighted by Gasteiger charge is -2.14. The molecule has 5 nitrogen and oxygen atoms in total. The molecule has 0 spiro atoms. The zero-order valence-electron chi connectivity index (χ0n) is 8.89. The van der Waals surface area contributed by atoms with Gasteiger partial charge >= 0.3 is 0 Å². The van der Waals surface area contributed by atoms with Crippen molar-refractivity contribution in [3.8, 4) is 0 Å². The number of anilines is 1. The Morgan fingerprint density at radius 3 is 2.47 bits per heavy atom. The Balaban J connectivity index is 3.23. The molecular formula is C9H14N2O3S. The molecule has 0 bridgehead atoms. The van der Waals surface area contributed by atoms with Gasteiger partial charge in [-0.3, -0.25) is 4.84 Å².